The van der Waals surface area contributed by atoms with Crippen molar-refractivity contribution in [1.29, 1.82) is 0 Å². The van der Waals surface area contributed by atoms with E-state index in [4.69, 9.17) is 0 Å². The molecule has 29 heavy (non-hydrogen) atoms. The van der Waals surface area contributed by atoms with Crippen LogP contribution in [0.15, 0.2) is 30.3 Å². The van der Waals surface area contributed by atoms with Gasteiger partial charge < -0.3 is 4.98 Å². The van der Waals surface area contributed by atoms with E-state index in [-0.39, 0.29) is 42.1 Å². The number of anilines is 1. The Morgan fingerprint density at radius 1 is 1.17 bits per heavy atom. The van der Waals surface area contributed by atoms with Crippen LogP contribution in [0.25, 0.3) is 11.3 Å². The second-order valence-corrected chi connectivity index (χ2v) is 6.58. The summed E-state index contributed by atoms with van der Waals surface area (Å²) in [6.07, 6.45) is -4.35. The van der Waals surface area contributed by atoms with Crippen molar-refractivity contribution in [3.63, 3.8) is 0 Å². The van der Waals surface area contributed by atoms with Crippen molar-refractivity contribution in [2.75, 3.05) is 11.4 Å². The number of fused-ring (bicyclic) bond motifs is 1. The lowest BCUT2D eigenvalue weighted by molar-refractivity contribution is -0.141. The molecule has 0 aliphatic carbocycles. The van der Waals surface area contributed by atoms with Crippen LogP contribution in [0.2, 0.25) is 0 Å². The van der Waals surface area contributed by atoms with Crippen molar-refractivity contribution >= 4 is 11.7 Å². The van der Waals surface area contributed by atoms with Gasteiger partial charge in [0.1, 0.15) is 17.5 Å². The van der Waals surface area contributed by atoms with Gasteiger partial charge in [-0.15, -0.1) is 0 Å². The molecule has 1 aromatic carbocycles. The Hall–Kier alpha value is -3.17. The Bertz CT molecular complexity index is 1080. The average molecular weight is 410 g/mol. The van der Waals surface area contributed by atoms with Gasteiger partial charge in [0.05, 0.1) is 16.8 Å². The lowest BCUT2D eigenvalue weighted by Crippen LogP contribution is -2.38. The van der Waals surface area contributed by atoms with Crippen LogP contribution >= 0.6 is 0 Å². The largest absolute Gasteiger partial charge is 0.435 e. The van der Waals surface area contributed by atoms with E-state index in [0.29, 0.717) is 5.69 Å². The maximum absolute atomic E-state index is 14.1. The molecule has 0 saturated heterocycles. The molecule has 4 rings (SSSR count). The fourth-order valence-corrected chi connectivity index (χ4v) is 3.46. The monoisotopic (exact) mass is 410 g/mol. The molecule has 0 saturated carbocycles. The van der Waals surface area contributed by atoms with E-state index in [1.807, 2.05) is 0 Å². The lowest BCUT2D eigenvalue weighted by Gasteiger charge is -2.26. The number of hydrogen-bond acceptors (Lipinski definition) is 2. The summed E-state index contributed by atoms with van der Waals surface area (Å²) in [5.41, 5.74) is -0.648. The van der Waals surface area contributed by atoms with Crippen LogP contribution < -0.4 is 4.90 Å². The molecule has 1 amide bonds. The zero-order valence-electron chi connectivity index (χ0n) is 15.1. The second kappa shape index (κ2) is 6.71. The molecular formula is C19H15F5N4O. The summed E-state index contributed by atoms with van der Waals surface area (Å²) in [5.74, 6) is -2.11. The predicted molar refractivity (Wildman–Crippen MR) is 94.4 cm³/mol. The first kappa shape index (κ1) is 19.2. The molecule has 0 unspecified atom stereocenters. The van der Waals surface area contributed by atoms with Crippen LogP contribution in [-0.4, -0.2) is 27.2 Å². The maximum atomic E-state index is 14.1. The first-order valence-electron chi connectivity index (χ1n) is 8.84. The number of benzene rings is 1. The van der Waals surface area contributed by atoms with E-state index >= 15 is 0 Å². The molecule has 0 atom stereocenters. The number of H-pyrrole nitrogens is 1. The van der Waals surface area contributed by atoms with E-state index in [0.717, 1.165) is 22.9 Å². The number of aromatic amines is 1. The highest BCUT2D eigenvalue weighted by atomic mass is 19.4. The number of amides is 1. The predicted octanol–water partition coefficient (Wildman–Crippen LogP) is 4.40. The summed E-state index contributed by atoms with van der Waals surface area (Å²) in [6, 6.07) is 5.59. The molecule has 0 fully saturated rings. The van der Waals surface area contributed by atoms with E-state index in [1.54, 1.807) is 6.92 Å². The first-order valence-corrected chi connectivity index (χ1v) is 8.84. The van der Waals surface area contributed by atoms with E-state index in [1.165, 1.54) is 17.0 Å². The van der Waals surface area contributed by atoms with Gasteiger partial charge in [0.15, 0.2) is 5.69 Å². The Balaban J connectivity index is 1.74. The van der Waals surface area contributed by atoms with Gasteiger partial charge in [-0.3, -0.25) is 9.69 Å². The number of aromatic nitrogens is 3. The highest BCUT2D eigenvalue weighted by molar-refractivity contribution is 6.08. The SMILES string of the molecule is CCn1nc(C(F)(F)F)cc1N1CCc2[nH]c(-c3c(F)cccc3F)cc2C1=O. The van der Waals surface area contributed by atoms with Crippen molar-refractivity contribution in [1.82, 2.24) is 14.8 Å². The third kappa shape index (κ3) is 3.18. The van der Waals surface area contributed by atoms with Gasteiger partial charge in [-0.2, -0.15) is 18.3 Å². The zero-order valence-corrected chi connectivity index (χ0v) is 15.1. The lowest BCUT2D eigenvalue weighted by atomic mass is 10.1. The summed E-state index contributed by atoms with van der Waals surface area (Å²) < 4.78 is 68.4. The smallest absolute Gasteiger partial charge is 0.358 e. The topological polar surface area (TPSA) is 53.9 Å². The fourth-order valence-electron chi connectivity index (χ4n) is 3.46. The minimum absolute atomic E-state index is 0.0234. The van der Waals surface area contributed by atoms with Gasteiger partial charge in [-0.05, 0) is 25.1 Å². The van der Waals surface area contributed by atoms with Crippen molar-refractivity contribution in [2.45, 2.75) is 26.1 Å². The van der Waals surface area contributed by atoms with E-state index in [9.17, 15) is 26.7 Å². The number of carbonyl (C=O) groups excluding carboxylic acids is 1. The van der Waals surface area contributed by atoms with Crippen molar-refractivity contribution < 1.29 is 26.7 Å². The molecule has 0 bridgehead atoms. The van der Waals surface area contributed by atoms with E-state index in [2.05, 4.69) is 10.1 Å². The Labute approximate surface area is 161 Å². The molecule has 10 heteroatoms. The molecule has 3 aromatic rings. The number of nitrogens with zero attached hydrogens (tertiary/aromatic N) is 3. The molecule has 1 aliphatic heterocycles. The van der Waals surface area contributed by atoms with Crippen molar-refractivity contribution in [3.05, 3.63) is 58.9 Å². The number of alkyl halides is 3. The van der Waals surface area contributed by atoms with Crippen molar-refractivity contribution in [2.24, 2.45) is 0 Å². The van der Waals surface area contributed by atoms with Gasteiger partial charge >= 0.3 is 6.18 Å². The van der Waals surface area contributed by atoms with Gasteiger partial charge in [-0.25, -0.2) is 13.5 Å². The first-order chi connectivity index (χ1) is 13.7. The minimum atomic E-state index is -4.64. The Kier molecular flexibility index (Phi) is 4.44. The van der Waals surface area contributed by atoms with Gasteiger partial charge in [0.2, 0.25) is 0 Å². The number of aryl methyl sites for hydroxylation is 1. The highest BCUT2D eigenvalue weighted by Crippen LogP contribution is 2.34. The summed E-state index contributed by atoms with van der Waals surface area (Å²) in [7, 11) is 0. The molecule has 0 radical (unpaired) electrons. The summed E-state index contributed by atoms with van der Waals surface area (Å²) in [4.78, 5) is 17.0. The third-order valence-corrected chi connectivity index (χ3v) is 4.82. The summed E-state index contributed by atoms with van der Waals surface area (Å²) in [5, 5.41) is 3.53. The number of halogens is 5. The van der Waals surface area contributed by atoms with Crippen LogP contribution in [0.3, 0.4) is 0 Å². The number of hydrogen-bond donors (Lipinski definition) is 1. The fraction of sp³-hybridized carbons (Fsp3) is 0.263. The molecule has 3 heterocycles. The van der Waals surface area contributed by atoms with Gasteiger partial charge in [-0.1, -0.05) is 6.07 Å². The summed E-state index contributed by atoms with van der Waals surface area (Å²) >= 11 is 0. The number of rotatable bonds is 3. The van der Waals surface area contributed by atoms with Crippen LogP contribution in [0.1, 0.15) is 28.7 Å². The number of carbonyl (C=O) groups is 1. The minimum Gasteiger partial charge on any atom is -0.358 e. The van der Waals surface area contributed by atoms with Crippen molar-refractivity contribution in [3.8, 4) is 11.3 Å². The van der Waals surface area contributed by atoms with Gasteiger partial charge in [0, 0.05) is 31.3 Å². The zero-order chi connectivity index (χ0) is 20.9. The average Bonchev–Trinajstić information content (AvgIpc) is 3.26. The van der Waals surface area contributed by atoms with Crippen LogP contribution in [-0.2, 0) is 19.1 Å². The Morgan fingerprint density at radius 3 is 2.48 bits per heavy atom. The second-order valence-electron chi connectivity index (χ2n) is 6.58. The molecule has 1 N–H and O–H groups in total. The Morgan fingerprint density at radius 2 is 1.86 bits per heavy atom. The maximum Gasteiger partial charge on any atom is 0.435 e. The normalized spacial score (nSPS) is 14.4. The van der Waals surface area contributed by atoms with E-state index < -0.39 is 29.4 Å². The molecule has 152 valence electrons. The molecule has 5 nitrogen and oxygen atoms in total. The standard InChI is InChI=1S/C19H15F5N4O/c1-2-28-16(9-15(26-28)19(22,23)24)27-7-6-13-10(18(27)29)8-14(25-13)17-11(20)4-3-5-12(17)21/h3-5,8-9,25H,2,6-7H2,1H3. The quantitative estimate of drug-likeness (QED) is 0.651. The summed E-state index contributed by atoms with van der Waals surface area (Å²) in [6.45, 7) is 1.86. The molecule has 0 spiro atoms. The highest BCUT2D eigenvalue weighted by Gasteiger charge is 2.37. The van der Waals surface area contributed by atoms with Gasteiger partial charge in [0.25, 0.3) is 5.91 Å². The van der Waals surface area contributed by atoms with Crippen LogP contribution in [0.4, 0.5) is 27.8 Å². The number of nitrogens with one attached hydrogen (secondary N) is 1. The molecule has 2 aromatic heterocycles. The molecule has 1 aliphatic rings. The van der Waals surface area contributed by atoms with Crippen LogP contribution in [0, 0.1) is 11.6 Å². The molecular weight excluding hydrogens is 395 g/mol. The van der Waals surface area contributed by atoms with Crippen LogP contribution in [0.5, 0.6) is 0 Å². The third-order valence-electron chi connectivity index (χ3n) is 4.82.